The second-order valence-electron chi connectivity index (χ2n) is 5.03. The Labute approximate surface area is 126 Å². The van der Waals surface area contributed by atoms with Gasteiger partial charge in [0.25, 0.3) is 0 Å². The first kappa shape index (κ1) is 17.9. The van der Waals surface area contributed by atoms with E-state index >= 15 is 0 Å². The quantitative estimate of drug-likeness (QED) is 0.691. The zero-order valence-electron chi connectivity index (χ0n) is 13.0. The Bertz CT molecular complexity index is 396. The number of para-hydroxylation sites is 1. The molecule has 2 N–H and O–H groups in total. The fourth-order valence-corrected chi connectivity index (χ4v) is 1.90. The van der Waals surface area contributed by atoms with Crippen LogP contribution in [0.25, 0.3) is 0 Å². The summed E-state index contributed by atoms with van der Waals surface area (Å²) in [6.45, 7) is 4.57. The normalized spacial score (nSPS) is 15.5. The van der Waals surface area contributed by atoms with Crippen molar-refractivity contribution in [3.05, 3.63) is 29.8 Å². The van der Waals surface area contributed by atoms with E-state index in [4.69, 9.17) is 14.2 Å². The van der Waals surface area contributed by atoms with Crippen LogP contribution in [-0.4, -0.2) is 49.4 Å². The summed E-state index contributed by atoms with van der Waals surface area (Å²) in [6.07, 6.45) is -0.744. The molecule has 5 heteroatoms. The Morgan fingerprint density at radius 1 is 1.10 bits per heavy atom. The van der Waals surface area contributed by atoms with Crippen LogP contribution in [0.4, 0.5) is 0 Å². The van der Waals surface area contributed by atoms with Crippen molar-refractivity contribution in [1.29, 1.82) is 0 Å². The van der Waals surface area contributed by atoms with Gasteiger partial charge in [0.2, 0.25) is 0 Å². The molecule has 1 aromatic rings. The van der Waals surface area contributed by atoms with Gasteiger partial charge in [-0.15, -0.1) is 0 Å². The first-order valence-electron chi connectivity index (χ1n) is 7.26. The molecule has 1 aromatic carbocycles. The van der Waals surface area contributed by atoms with Gasteiger partial charge in [0.15, 0.2) is 0 Å². The molecule has 0 aliphatic heterocycles. The topological polar surface area (TPSA) is 68.2 Å². The summed E-state index contributed by atoms with van der Waals surface area (Å²) in [6, 6.07) is 7.31. The molecule has 0 amide bonds. The van der Waals surface area contributed by atoms with E-state index in [2.05, 4.69) is 0 Å². The van der Waals surface area contributed by atoms with Crippen LogP contribution < -0.4 is 4.74 Å². The highest BCUT2D eigenvalue weighted by atomic mass is 16.5. The van der Waals surface area contributed by atoms with Crippen molar-refractivity contribution < 1.29 is 24.4 Å². The number of aliphatic hydroxyl groups is 2. The molecule has 0 fully saturated rings. The van der Waals surface area contributed by atoms with E-state index in [1.807, 2.05) is 32.0 Å². The molecule has 120 valence electrons. The molecule has 21 heavy (non-hydrogen) atoms. The fraction of sp³-hybridized carbons (Fsp3) is 0.625. The molecular weight excluding hydrogens is 272 g/mol. The van der Waals surface area contributed by atoms with Gasteiger partial charge in [-0.2, -0.15) is 0 Å². The lowest BCUT2D eigenvalue weighted by molar-refractivity contribution is -0.0425. The minimum atomic E-state index is -0.726. The van der Waals surface area contributed by atoms with Crippen molar-refractivity contribution >= 4 is 0 Å². The molecule has 0 bridgehead atoms. The molecule has 0 saturated carbocycles. The molecule has 0 aliphatic rings. The van der Waals surface area contributed by atoms with Gasteiger partial charge >= 0.3 is 0 Å². The van der Waals surface area contributed by atoms with Crippen molar-refractivity contribution in [2.45, 2.75) is 38.6 Å². The molecule has 0 saturated heterocycles. The SMILES string of the molecule is CC[C@@H](O)c1ccccc1OCC(O)COC(C)COC. The largest absolute Gasteiger partial charge is 0.490 e. The number of benzene rings is 1. The predicted molar refractivity (Wildman–Crippen MR) is 80.5 cm³/mol. The number of methoxy groups -OCH3 is 1. The van der Waals surface area contributed by atoms with Crippen LogP contribution in [0.1, 0.15) is 31.9 Å². The van der Waals surface area contributed by atoms with Crippen LogP contribution in [0, 0.1) is 0 Å². The van der Waals surface area contributed by atoms with Crippen LogP contribution in [0.5, 0.6) is 5.75 Å². The van der Waals surface area contributed by atoms with Crippen LogP contribution in [0.3, 0.4) is 0 Å². The van der Waals surface area contributed by atoms with Crippen molar-refractivity contribution in [2.24, 2.45) is 0 Å². The first-order valence-corrected chi connectivity index (χ1v) is 7.26. The van der Waals surface area contributed by atoms with E-state index in [-0.39, 0.29) is 19.3 Å². The molecule has 1 rings (SSSR count). The summed E-state index contributed by atoms with van der Waals surface area (Å²) in [5.41, 5.74) is 0.737. The molecule has 0 spiro atoms. The van der Waals surface area contributed by atoms with Crippen molar-refractivity contribution in [1.82, 2.24) is 0 Å². The lowest BCUT2D eigenvalue weighted by atomic mass is 10.1. The van der Waals surface area contributed by atoms with E-state index in [1.165, 1.54) is 0 Å². The maximum absolute atomic E-state index is 9.93. The average molecular weight is 298 g/mol. The highest BCUT2D eigenvalue weighted by molar-refractivity contribution is 5.35. The Morgan fingerprint density at radius 3 is 2.48 bits per heavy atom. The van der Waals surface area contributed by atoms with Crippen LogP contribution in [0.15, 0.2) is 24.3 Å². The summed E-state index contributed by atoms with van der Waals surface area (Å²) >= 11 is 0. The summed E-state index contributed by atoms with van der Waals surface area (Å²) < 4.78 is 16.0. The minimum Gasteiger partial charge on any atom is -0.490 e. The Kier molecular flexibility index (Phi) is 8.30. The van der Waals surface area contributed by atoms with E-state index < -0.39 is 12.2 Å². The Hall–Kier alpha value is -1.14. The van der Waals surface area contributed by atoms with Gasteiger partial charge in [-0.3, -0.25) is 0 Å². The standard InChI is InChI=1S/C16H26O5/c1-4-15(18)14-7-5-6-8-16(14)21-11-13(17)10-20-12(2)9-19-3/h5-8,12-13,15,17-18H,4,9-11H2,1-3H3/t12?,13?,15-/m1/s1. The molecule has 0 radical (unpaired) electrons. The minimum absolute atomic E-state index is 0.0705. The van der Waals surface area contributed by atoms with Gasteiger partial charge in [-0.25, -0.2) is 0 Å². The van der Waals surface area contributed by atoms with E-state index in [1.54, 1.807) is 13.2 Å². The average Bonchev–Trinajstić information content (AvgIpc) is 2.50. The molecule has 0 aliphatic carbocycles. The lowest BCUT2D eigenvalue weighted by Crippen LogP contribution is -2.27. The van der Waals surface area contributed by atoms with Gasteiger partial charge in [0, 0.05) is 12.7 Å². The van der Waals surface area contributed by atoms with Gasteiger partial charge < -0.3 is 24.4 Å². The molecule has 3 atom stereocenters. The van der Waals surface area contributed by atoms with Gasteiger partial charge in [-0.1, -0.05) is 25.1 Å². The van der Waals surface area contributed by atoms with E-state index in [0.717, 1.165) is 5.56 Å². The van der Waals surface area contributed by atoms with Crippen molar-refractivity contribution in [3.63, 3.8) is 0 Å². The smallest absolute Gasteiger partial charge is 0.125 e. The molecule has 5 nitrogen and oxygen atoms in total. The number of hydrogen-bond acceptors (Lipinski definition) is 5. The number of hydrogen-bond donors (Lipinski definition) is 2. The van der Waals surface area contributed by atoms with Crippen LogP contribution in [0.2, 0.25) is 0 Å². The first-order chi connectivity index (χ1) is 10.1. The second-order valence-corrected chi connectivity index (χ2v) is 5.03. The summed E-state index contributed by atoms with van der Waals surface area (Å²) in [5, 5.41) is 19.8. The van der Waals surface area contributed by atoms with Crippen LogP contribution in [-0.2, 0) is 9.47 Å². The van der Waals surface area contributed by atoms with E-state index in [0.29, 0.717) is 18.8 Å². The third-order valence-electron chi connectivity index (χ3n) is 3.07. The molecule has 0 aromatic heterocycles. The van der Waals surface area contributed by atoms with Gasteiger partial charge in [0.1, 0.15) is 18.5 Å². The maximum Gasteiger partial charge on any atom is 0.125 e. The molecule has 0 heterocycles. The highest BCUT2D eigenvalue weighted by Gasteiger charge is 2.13. The predicted octanol–water partition coefficient (Wildman–Crippen LogP) is 1.92. The summed E-state index contributed by atoms with van der Waals surface area (Å²) in [4.78, 5) is 0. The zero-order valence-corrected chi connectivity index (χ0v) is 13.0. The summed E-state index contributed by atoms with van der Waals surface area (Å²) in [5.74, 6) is 0.593. The van der Waals surface area contributed by atoms with Crippen LogP contribution >= 0.6 is 0 Å². The van der Waals surface area contributed by atoms with Crippen molar-refractivity contribution in [3.8, 4) is 5.75 Å². The monoisotopic (exact) mass is 298 g/mol. The van der Waals surface area contributed by atoms with E-state index in [9.17, 15) is 10.2 Å². The third kappa shape index (κ3) is 6.44. The van der Waals surface area contributed by atoms with Crippen molar-refractivity contribution in [2.75, 3.05) is 26.9 Å². The second kappa shape index (κ2) is 9.73. The molecule has 2 unspecified atom stereocenters. The lowest BCUT2D eigenvalue weighted by Gasteiger charge is -2.18. The maximum atomic E-state index is 9.93. The highest BCUT2D eigenvalue weighted by Crippen LogP contribution is 2.26. The number of rotatable bonds is 10. The summed E-state index contributed by atoms with van der Waals surface area (Å²) in [7, 11) is 1.61. The Balaban J connectivity index is 2.44. The fourth-order valence-electron chi connectivity index (χ4n) is 1.90. The van der Waals surface area contributed by atoms with Gasteiger partial charge in [-0.05, 0) is 19.4 Å². The van der Waals surface area contributed by atoms with Gasteiger partial charge in [0.05, 0.1) is 25.4 Å². The molecular formula is C16H26O5. The Morgan fingerprint density at radius 2 is 1.81 bits per heavy atom. The third-order valence-corrected chi connectivity index (χ3v) is 3.07. The number of ether oxygens (including phenoxy) is 3. The number of aliphatic hydroxyl groups excluding tert-OH is 2. The zero-order chi connectivity index (χ0) is 15.7.